The van der Waals surface area contributed by atoms with Gasteiger partial charge >= 0.3 is 0 Å². The Bertz CT molecular complexity index is 675. The summed E-state index contributed by atoms with van der Waals surface area (Å²) in [7, 11) is -2.81. The molecule has 0 N–H and O–H groups in total. The van der Waals surface area contributed by atoms with Crippen LogP contribution in [0.25, 0.3) is 10.1 Å². The van der Waals surface area contributed by atoms with Crippen LogP contribution in [-0.2, 0) is 9.84 Å². The second-order valence-electron chi connectivity index (χ2n) is 4.75. The van der Waals surface area contributed by atoms with E-state index in [4.69, 9.17) is 0 Å². The van der Waals surface area contributed by atoms with Crippen LogP contribution >= 0.6 is 27.3 Å². The van der Waals surface area contributed by atoms with Gasteiger partial charge in [-0.25, -0.2) is 8.42 Å². The van der Waals surface area contributed by atoms with Crippen molar-refractivity contribution in [2.45, 2.75) is 11.2 Å². The summed E-state index contributed by atoms with van der Waals surface area (Å²) < 4.78 is 24.4. The van der Waals surface area contributed by atoms with Gasteiger partial charge in [-0.1, -0.05) is 34.1 Å². The largest absolute Gasteiger partial charge is 0.229 e. The van der Waals surface area contributed by atoms with Crippen molar-refractivity contribution in [1.29, 1.82) is 0 Å². The summed E-state index contributed by atoms with van der Waals surface area (Å²) in [4.78, 5) is 0.144. The van der Waals surface area contributed by atoms with Gasteiger partial charge in [0.15, 0.2) is 9.84 Å². The van der Waals surface area contributed by atoms with E-state index in [1.165, 1.54) is 15.6 Å². The first-order valence-electron chi connectivity index (χ1n) is 5.87. The van der Waals surface area contributed by atoms with Crippen LogP contribution in [0.15, 0.2) is 29.6 Å². The summed E-state index contributed by atoms with van der Waals surface area (Å²) in [6.45, 7) is 0. The van der Waals surface area contributed by atoms with Crippen molar-refractivity contribution in [3.05, 3.63) is 35.2 Å². The molecule has 2 aromatic rings. The Morgan fingerprint density at radius 1 is 1.33 bits per heavy atom. The van der Waals surface area contributed by atoms with Crippen LogP contribution in [-0.4, -0.2) is 19.9 Å². The average molecular weight is 345 g/mol. The van der Waals surface area contributed by atoms with Crippen LogP contribution < -0.4 is 0 Å². The fraction of sp³-hybridized carbons (Fsp3) is 0.385. The quantitative estimate of drug-likeness (QED) is 0.777. The number of alkyl halides is 1. The van der Waals surface area contributed by atoms with E-state index in [2.05, 4.69) is 33.4 Å². The number of fused-ring (bicyclic) bond motifs is 1. The molecule has 0 amide bonds. The molecule has 1 saturated heterocycles. The predicted molar refractivity (Wildman–Crippen MR) is 80.3 cm³/mol. The zero-order valence-electron chi connectivity index (χ0n) is 9.67. The van der Waals surface area contributed by atoms with E-state index in [1.54, 1.807) is 11.3 Å². The van der Waals surface area contributed by atoms with Crippen LogP contribution in [0, 0.1) is 5.92 Å². The van der Waals surface area contributed by atoms with E-state index < -0.39 is 9.84 Å². The molecule has 18 heavy (non-hydrogen) atoms. The lowest BCUT2D eigenvalue weighted by Gasteiger charge is -2.15. The lowest BCUT2D eigenvalue weighted by molar-refractivity contribution is 0.582. The van der Waals surface area contributed by atoms with Gasteiger partial charge in [0.05, 0.1) is 11.5 Å². The van der Waals surface area contributed by atoms with Crippen LogP contribution in [0.1, 0.15) is 16.8 Å². The number of benzene rings is 1. The maximum atomic E-state index is 11.6. The average Bonchev–Trinajstić information content (AvgIpc) is 2.91. The minimum atomic E-state index is -2.81. The Morgan fingerprint density at radius 3 is 2.83 bits per heavy atom. The molecule has 1 aromatic heterocycles. The summed E-state index contributed by atoms with van der Waals surface area (Å²) in [5, 5.41) is 3.39. The molecule has 2 heterocycles. The highest BCUT2D eigenvalue weighted by atomic mass is 79.9. The zero-order valence-corrected chi connectivity index (χ0v) is 12.9. The third kappa shape index (κ3) is 2.24. The van der Waals surface area contributed by atoms with Crippen LogP contribution in [0.5, 0.6) is 0 Å². The maximum absolute atomic E-state index is 11.6. The van der Waals surface area contributed by atoms with Crippen molar-refractivity contribution in [3.8, 4) is 0 Å². The molecule has 0 bridgehead atoms. The molecule has 1 aromatic carbocycles. The molecular formula is C13H13BrO2S2. The molecule has 0 spiro atoms. The van der Waals surface area contributed by atoms with Gasteiger partial charge in [0.2, 0.25) is 0 Å². The first kappa shape index (κ1) is 12.6. The lowest BCUT2D eigenvalue weighted by Crippen LogP contribution is -2.09. The second kappa shape index (κ2) is 4.62. The van der Waals surface area contributed by atoms with E-state index in [0.717, 1.165) is 6.42 Å². The standard InChI is InChI=1S/C13H13BrO2S2/c14-13(9-5-6-18(15,16)8-9)11-7-17-12-4-2-1-3-10(11)12/h1-4,7,9,13H,5-6,8H2. The maximum Gasteiger partial charge on any atom is 0.150 e. The van der Waals surface area contributed by atoms with Crippen molar-refractivity contribution in [2.75, 3.05) is 11.5 Å². The van der Waals surface area contributed by atoms with Crippen molar-refractivity contribution >= 4 is 47.2 Å². The highest BCUT2D eigenvalue weighted by Gasteiger charge is 2.34. The number of rotatable bonds is 2. The first-order valence-corrected chi connectivity index (χ1v) is 9.49. The Hall–Kier alpha value is -0.390. The molecule has 0 aliphatic carbocycles. The van der Waals surface area contributed by atoms with Gasteiger partial charge in [0.25, 0.3) is 0 Å². The summed E-state index contributed by atoms with van der Waals surface area (Å²) in [5.74, 6) is 0.850. The monoisotopic (exact) mass is 344 g/mol. The summed E-state index contributed by atoms with van der Waals surface area (Å²) in [5.41, 5.74) is 1.23. The number of hydrogen-bond acceptors (Lipinski definition) is 3. The Balaban J connectivity index is 1.95. The summed E-state index contributed by atoms with van der Waals surface area (Å²) in [6, 6.07) is 8.28. The van der Waals surface area contributed by atoms with Gasteiger partial charge in [-0.2, -0.15) is 0 Å². The summed E-state index contributed by atoms with van der Waals surface area (Å²) >= 11 is 5.43. The molecule has 96 valence electrons. The van der Waals surface area contributed by atoms with Crippen LogP contribution in [0.4, 0.5) is 0 Å². The SMILES string of the molecule is O=S1(=O)CCC(C(Br)c2csc3ccccc23)C1. The number of thiophene rings is 1. The molecule has 0 radical (unpaired) electrons. The normalized spacial score (nSPS) is 24.4. The Morgan fingerprint density at radius 2 is 2.11 bits per heavy atom. The lowest BCUT2D eigenvalue weighted by atomic mass is 9.98. The van der Waals surface area contributed by atoms with Crippen LogP contribution in [0.3, 0.4) is 0 Å². The van der Waals surface area contributed by atoms with Crippen molar-refractivity contribution in [3.63, 3.8) is 0 Å². The Kier molecular flexibility index (Phi) is 3.24. The highest BCUT2D eigenvalue weighted by molar-refractivity contribution is 9.09. The molecule has 0 saturated carbocycles. The third-order valence-electron chi connectivity index (χ3n) is 3.49. The minimum Gasteiger partial charge on any atom is -0.229 e. The molecule has 3 rings (SSSR count). The second-order valence-corrected chi connectivity index (χ2v) is 8.88. The molecule has 2 nitrogen and oxygen atoms in total. The molecule has 5 heteroatoms. The molecule has 1 aliphatic rings. The van der Waals surface area contributed by atoms with Crippen molar-refractivity contribution in [2.24, 2.45) is 5.92 Å². The van der Waals surface area contributed by atoms with Gasteiger partial charge in [-0.05, 0) is 34.7 Å². The number of halogens is 1. The third-order valence-corrected chi connectivity index (χ3v) is 7.51. The van der Waals surface area contributed by atoms with Gasteiger partial charge in [0, 0.05) is 9.53 Å². The molecule has 1 aliphatic heterocycles. The number of sulfone groups is 1. The van der Waals surface area contributed by atoms with E-state index in [9.17, 15) is 8.42 Å². The van der Waals surface area contributed by atoms with Gasteiger partial charge < -0.3 is 0 Å². The Labute approximate surface area is 119 Å². The van der Waals surface area contributed by atoms with Gasteiger partial charge in [0.1, 0.15) is 0 Å². The van der Waals surface area contributed by atoms with Crippen molar-refractivity contribution in [1.82, 2.24) is 0 Å². The van der Waals surface area contributed by atoms with Gasteiger partial charge in [-0.15, -0.1) is 11.3 Å². The van der Waals surface area contributed by atoms with E-state index in [1.807, 2.05) is 12.1 Å². The fourth-order valence-corrected chi connectivity index (χ4v) is 6.61. The van der Waals surface area contributed by atoms with E-state index >= 15 is 0 Å². The minimum absolute atomic E-state index is 0.144. The van der Waals surface area contributed by atoms with E-state index in [0.29, 0.717) is 11.5 Å². The topological polar surface area (TPSA) is 34.1 Å². The van der Waals surface area contributed by atoms with Crippen molar-refractivity contribution < 1.29 is 8.42 Å². The predicted octanol–water partition coefficient (Wildman–Crippen LogP) is 3.77. The smallest absolute Gasteiger partial charge is 0.150 e. The van der Waals surface area contributed by atoms with Gasteiger partial charge in [-0.3, -0.25) is 0 Å². The highest BCUT2D eigenvalue weighted by Crippen LogP contribution is 2.42. The summed E-state index contributed by atoms with van der Waals surface area (Å²) in [6.07, 6.45) is 0.766. The first-order chi connectivity index (χ1) is 8.57. The molecule has 2 atom stereocenters. The zero-order chi connectivity index (χ0) is 12.8. The molecule has 2 unspecified atom stereocenters. The van der Waals surface area contributed by atoms with Crippen LogP contribution in [0.2, 0.25) is 0 Å². The van der Waals surface area contributed by atoms with E-state index in [-0.39, 0.29) is 10.7 Å². The molecular weight excluding hydrogens is 332 g/mol. The number of hydrogen-bond donors (Lipinski definition) is 0. The molecule has 1 fully saturated rings. The fourth-order valence-electron chi connectivity index (χ4n) is 2.52.